The van der Waals surface area contributed by atoms with Crippen LogP contribution in [-0.2, 0) is 0 Å². The summed E-state index contributed by atoms with van der Waals surface area (Å²) in [6, 6.07) is 28.8. The summed E-state index contributed by atoms with van der Waals surface area (Å²) in [7, 11) is 0. The molecule has 3 aliphatic heterocycles. The van der Waals surface area contributed by atoms with Crippen LogP contribution in [0.15, 0.2) is 84.0 Å². The Morgan fingerprint density at radius 1 is 0.818 bits per heavy atom. The molecule has 3 aromatic rings. The summed E-state index contributed by atoms with van der Waals surface area (Å²) in [5.74, 6) is 1.03. The third kappa shape index (κ3) is 3.53. The van der Waals surface area contributed by atoms with E-state index in [1.54, 1.807) is 0 Å². The fourth-order valence-corrected chi connectivity index (χ4v) is 5.61. The second-order valence-corrected chi connectivity index (χ2v) is 9.77. The summed E-state index contributed by atoms with van der Waals surface area (Å²) in [4.78, 5) is 2.55. The molecule has 0 amide bonds. The average molecular weight is 438 g/mol. The highest BCUT2D eigenvalue weighted by atomic mass is 16.5. The van der Waals surface area contributed by atoms with Gasteiger partial charge in [-0.05, 0) is 36.6 Å². The number of benzene rings is 3. The first-order valence-electron chi connectivity index (χ1n) is 12.2. The number of para-hydroxylation sites is 1. The number of hydrazone groups is 1. The van der Waals surface area contributed by atoms with Crippen molar-refractivity contribution < 1.29 is 4.74 Å². The highest BCUT2D eigenvalue weighted by molar-refractivity contribution is 6.02. The quantitative estimate of drug-likeness (QED) is 0.496. The predicted octanol–water partition coefficient (Wildman–Crippen LogP) is 6.10. The fourth-order valence-electron chi connectivity index (χ4n) is 5.61. The van der Waals surface area contributed by atoms with Gasteiger partial charge in [-0.25, -0.2) is 5.01 Å². The maximum atomic E-state index is 6.76. The molecule has 0 saturated carbocycles. The van der Waals surface area contributed by atoms with E-state index in [9.17, 15) is 0 Å². The first-order chi connectivity index (χ1) is 16.1. The van der Waals surface area contributed by atoms with E-state index < -0.39 is 0 Å². The molecule has 1 saturated heterocycles. The molecule has 1 unspecified atom stereocenters. The van der Waals surface area contributed by atoms with Crippen molar-refractivity contribution in [3.63, 3.8) is 0 Å². The van der Waals surface area contributed by atoms with E-state index in [1.165, 1.54) is 22.3 Å². The zero-order valence-electron chi connectivity index (χ0n) is 19.4. The van der Waals surface area contributed by atoms with Gasteiger partial charge in [0.2, 0.25) is 5.72 Å². The largest absolute Gasteiger partial charge is 0.466 e. The Bertz CT molecular complexity index is 1160. The van der Waals surface area contributed by atoms with Crippen molar-refractivity contribution in [2.75, 3.05) is 13.1 Å². The molecular formula is C29H31N3O. The Balaban J connectivity index is 1.33. The van der Waals surface area contributed by atoms with Crippen LogP contribution in [0.5, 0.6) is 5.75 Å². The molecule has 0 radical (unpaired) electrons. The highest BCUT2D eigenvalue weighted by Gasteiger charge is 2.51. The maximum absolute atomic E-state index is 6.76. The van der Waals surface area contributed by atoms with E-state index in [4.69, 9.17) is 9.84 Å². The summed E-state index contributed by atoms with van der Waals surface area (Å²) in [5.41, 5.74) is 5.75. The van der Waals surface area contributed by atoms with Gasteiger partial charge in [-0.3, -0.25) is 0 Å². The van der Waals surface area contributed by atoms with Crippen molar-refractivity contribution in [3.8, 4) is 16.9 Å². The number of hydrogen-bond acceptors (Lipinski definition) is 4. The first-order valence-corrected chi connectivity index (χ1v) is 12.2. The Morgan fingerprint density at radius 3 is 2.18 bits per heavy atom. The number of piperidine rings is 1. The number of ether oxygens (including phenoxy) is 1. The number of hydrogen-bond donors (Lipinski definition) is 0. The van der Waals surface area contributed by atoms with Crippen molar-refractivity contribution in [1.29, 1.82) is 0 Å². The molecule has 0 bridgehead atoms. The molecule has 0 aliphatic carbocycles. The van der Waals surface area contributed by atoms with Gasteiger partial charge in [-0.2, -0.15) is 5.10 Å². The molecule has 4 nitrogen and oxygen atoms in total. The van der Waals surface area contributed by atoms with Gasteiger partial charge >= 0.3 is 0 Å². The van der Waals surface area contributed by atoms with Gasteiger partial charge in [0.15, 0.2) is 0 Å². The Labute approximate surface area is 196 Å². The van der Waals surface area contributed by atoms with Gasteiger partial charge in [0.1, 0.15) is 5.75 Å². The molecule has 33 heavy (non-hydrogen) atoms. The van der Waals surface area contributed by atoms with Crippen molar-refractivity contribution in [3.05, 3.63) is 90.0 Å². The van der Waals surface area contributed by atoms with Crippen LogP contribution in [0.25, 0.3) is 11.1 Å². The van der Waals surface area contributed by atoms with E-state index in [0.29, 0.717) is 6.04 Å². The summed E-state index contributed by atoms with van der Waals surface area (Å²) in [6.07, 6.45) is 2.86. The summed E-state index contributed by atoms with van der Waals surface area (Å²) < 4.78 is 6.76. The standard InChI is InChI=1S/C29H31N3O/c1-21(2)31-18-16-29(17-19-31)32-27(25-10-6-7-11-28(25)33-29)20-26(30-32)24-14-12-23(13-15-24)22-8-4-3-5-9-22/h3-15,21,27H,16-20H2,1-2H3. The van der Waals surface area contributed by atoms with Crippen LogP contribution < -0.4 is 4.74 Å². The lowest BCUT2D eigenvalue weighted by molar-refractivity contribution is -0.152. The van der Waals surface area contributed by atoms with E-state index >= 15 is 0 Å². The molecule has 3 heterocycles. The molecule has 0 aromatic heterocycles. The number of fused-ring (bicyclic) bond motifs is 4. The summed E-state index contributed by atoms with van der Waals surface area (Å²) >= 11 is 0. The molecule has 6 rings (SSSR count). The van der Waals surface area contributed by atoms with Crippen LogP contribution in [0.1, 0.15) is 50.3 Å². The average Bonchev–Trinajstić information content (AvgIpc) is 3.32. The van der Waals surface area contributed by atoms with Crippen LogP contribution in [0.2, 0.25) is 0 Å². The van der Waals surface area contributed by atoms with Crippen molar-refractivity contribution in [2.45, 2.75) is 50.9 Å². The van der Waals surface area contributed by atoms with Gasteiger partial charge < -0.3 is 9.64 Å². The Morgan fingerprint density at radius 2 is 1.45 bits per heavy atom. The molecule has 1 atom stereocenters. The van der Waals surface area contributed by atoms with Gasteiger partial charge in [0.25, 0.3) is 0 Å². The molecule has 0 N–H and O–H groups in total. The Kier molecular flexibility index (Phi) is 4.99. The smallest absolute Gasteiger partial charge is 0.200 e. The van der Waals surface area contributed by atoms with Gasteiger partial charge in [0, 0.05) is 44.0 Å². The van der Waals surface area contributed by atoms with Gasteiger partial charge in [0.05, 0.1) is 11.8 Å². The number of likely N-dealkylation sites (tertiary alicyclic amines) is 1. The second kappa shape index (κ2) is 8.03. The molecule has 1 spiro atoms. The molecular weight excluding hydrogens is 406 g/mol. The first kappa shape index (κ1) is 20.5. The van der Waals surface area contributed by atoms with Crippen molar-refractivity contribution in [2.24, 2.45) is 5.10 Å². The lowest BCUT2D eigenvalue weighted by Gasteiger charge is -2.51. The van der Waals surface area contributed by atoms with Crippen LogP contribution in [0, 0.1) is 0 Å². The third-order valence-electron chi connectivity index (χ3n) is 7.54. The third-order valence-corrected chi connectivity index (χ3v) is 7.54. The van der Waals surface area contributed by atoms with E-state index in [2.05, 4.69) is 103 Å². The molecule has 3 aliphatic rings. The summed E-state index contributed by atoms with van der Waals surface area (Å²) in [6.45, 7) is 6.64. The van der Waals surface area contributed by atoms with Crippen LogP contribution >= 0.6 is 0 Å². The zero-order chi connectivity index (χ0) is 22.4. The van der Waals surface area contributed by atoms with Crippen molar-refractivity contribution in [1.82, 2.24) is 9.91 Å². The maximum Gasteiger partial charge on any atom is 0.200 e. The fraction of sp³-hybridized carbons (Fsp3) is 0.345. The molecule has 3 aromatic carbocycles. The van der Waals surface area contributed by atoms with E-state index in [0.717, 1.165) is 43.8 Å². The molecule has 168 valence electrons. The highest BCUT2D eigenvalue weighted by Crippen LogP contribution is 2.50. The second-order valence-electron chi connectivity index (χ2n) is 9.77. The monoisotopic (exact) mass is 437 g/mol. The lowest BCUT2D eigenvalue weighted by Crippen LogP contribution is -2.59. The molecule has 1 fully saturated rings. The lowest BCUT2D eigenvalue weighted by atomic mass is 9.90. The number of rotatable bonds is 3. The Hall–Kier alpha value is -3.11. The minimum Gasteiger partial charge on any atom is -0.466 e. The van der Waals surface area contributed by atoms with Crippen molar-refractivity contribution >= 4 is 5.71 Å². The van der Waals surface area contributed by atoms with Crippen LogP contribution in [0.3, 0.4) is 0 Å². The minimum atomic E-state index is -0.351. The molecule has 4 heteroatoms. The normalized spacial score (nSPS) is 21.5. The SMILES string of the molecule is CC(C)N1CCC2(CC1)Oc1ccccc1C1CC(c3ccc(-c4ccccc4)cc3)=NN12. The number of nitrogens with zero attached hydrogens (tertiary/aromatic N) is 3. The van der Waals surface area contributed by atoms with Crippen LogP contribution in [-0.4, -0.2) is 40.5 Å². The van der Waals surface area contributed by atoms with Crippen LogP contribution in [0.4, 0.5) is 0 Å². The summed E-state index contributed by atoms with van der Waals surface area (Å²) in [5, 5.41) is 7.55. The predicted molar refractivity (Wildman–Crippen MR) is 133 cm³/mol. The van der Waals surface area contributed by atoms with E-state index in [1.807, 2.05) is 0 Å². The van der Waals surface area contributed by atoms with Gasteiger partial charge in [-0.15, -0.1) is 0 Å². The topological polar surface area (TPSA) is 28.1 Å². The van der Waals surface area contributed by atoms with E-state index in [-0.39, 0.29) is 11.8 Å². The zero-order valence-corrected chi connectivity index (χ0v) is 19.4. The minimum absolute atomic E-state index is 0.240. The van der Waals surface area contributed by atoms with Gasteiger partial charge in [-0.1, -0.05) is 72.8 Å².